The second-order valence-corrected chi connectivity index (χ2v) is 5.42. The van der Waals surface area contributed by atoms with Gasteiger partial charge in [0.05, 0.1) is 0 Å². The highest BCUT2D eigenvalue weighted by Gasteiger charge is 2.21. The molecule has 21 heavy (non-hydrogen) atoms. The Hall–Kier alpha value is -1.81. The summed E-state index contributed by atoms with van der Waals surface area (Å²) in [4.78, 5) is 0. The number of nitrogens with one attached hydrogen (secondary N) is 1. The van der Waals surface area contributed by atoms with Crippen LogP contribution in [0.2, 0.25) is 0 Å². The Kier molecular flexibility index (Phi) is 3.97. The fourth-order valence-corrected chi connectivity index (χ4v) is 2.94. The molecule has 2 aromatic carbocycles. The van der Waals surface area contributed by atoms with E-state index >= 15 is 0 Å². The molecule has 0 fully saturated rings. The van der Waals surface area contributed by atoms with Gasteiger partial charge in [-0.25, -0.2) is 13.2 Å². The van der Waals surface area contributed by atoms with E-state index in [1.165, 1.54) is 18.2 Å². The lowest BCUT2D eigenvalue weighted by Crippen LogP contribution is -2.22. The third kappa shape index (κ3) is 3.27. The summed E-state index contributed by atoms with van der Waals surface area (Å²) in [6.45, 7) is 0.629. The van der Waals surface area contributed by atoms with E-state index in [9.17, 15) is 13.2 Å². The molecule has 110 valence electrons. The second kappa shape index (κ2) is 5.90. The normalized spacial score (nSPS) is 17.0. The van der Waals surface area contributed by atoms with Crippen LogP contribution in [0.4, 0.5) is 13.2 Å². The van der Waals surface area contributed by atoms with Crippen LogP contribution in [0, 0.1) is 17.5 Å². The molecule has 0 spiro atoms. The molecule has 0 aromatic heterocycles. The maximum absolute atomic E-state index is 13.1. The van der Waals surface area contributed by atoms with Crippen molar-refractivity contribution in [1.29, 1.82) is 0 Å². The van der Waals surface area contributed by atoms with Gasteiger partial charge in [-0.15, -0.1) is 0 Å². The summed E-state index contributed by atoms with van der Waals surface area (Å²) in [6, 6.07) is 8.64. The van der Waals surface area contributed by atoms with Crippen LogP contribution < -0.4 is 5.32 Å². The Labute approximate surface area is 121 Å². The van der Waals surface area contributed by atoms with Gasteiger partial charge in [0.1, 0.15) is 17.5 Å². The SMILES string of the molecule is Fc1cc(F)cc(CCNC2CCc3cc(F)ccc32)c1. The Morgan fingerprint density at radius 1 is 0.952 bits per heavy atom. The van der Waals surface area contributed by atoms with E-state index in [0.29, 0.717) is 18.5 Å². The first-order valence-corrected chi connectivity index (χ1v) is 7.08. The van der Waals surface area contributed by atoms with Crippen LogP contribution in [0.15, 0.2) is 36.4 Å². The van der Waals surface area contributed by atoms with Crippen LogP contribution >= 0.6 is 0 Å². The van der Waals surface area contributed by atoms with Gasteiger partial charge in [0, 0.05) is 12.1 Å². The van der Waals surface area contributed by atoms with Crippen LogP contribution in [0.25, 0.3) is 0 Å². The van der Waals surface area contributed by atoms with Crippen molar-refractivity contribution in [2.75, 3.05) is 6.54 Å². The molecular formula is C17H16F3N. The van der Waals surface area contributed by atoms with Gasteiger partial charge in [-0.1, -0.05) is 6.07 Å². The number of benzene rings is 2. The van der Waals surface area contributed by atoms with Crippen molar-refractivity contribution < 1.29 is 13.2 Å². The zero-order chi connectivity index (χ0) is 14.8. The smallest absolute Gasteiger partial charge is 0.126 e. The van der Waals surface area contributed by atoms with Crippen molar-refractivity contribution in [3.8, 4) is 0 Å². The number of fused-ring (bicyclic) bond motifs is 1. The van der Waals surface area contributed by atoms with E-state index in [1.54, 1.807) is 6.07 Å². The molecule has 3 rings (SSSR count). The van der Waals surface area contributed by atoms with E-state index in [2.05, 4.69) is 5.32 Å². The molecular weight excluding hydrogens is 275 g/mol. The lowest BCUT2D eigenvalue weighted by Gasteiger charge is -2.14. The van der Waals surface area contributed by atoms with Crippen molar-refractivity contribution in [3.05, 3.63) is 70.5 Å². The minimum Gasteiger partial charge on any atom is -0.310 e. The number of rotatable bonds is 4. The first-order valence-electron chi connectivity index (χ1n) is 7.08. The molecule has 1 unspecified atom stereocenters. The molecule has 0 saturated carbocycles. The Balaban J connectivity index is 1.60. The molecule has 0 heterocycles. The van der Waals surface area contributed by atoms with Crippen LogP contribution in [0.5, 0.6) is 0 Å². The Bertz CT molecular complexity index is 634. The molecule has 1 aliphatic carbocycles. The highest BCUT2D eigenvalue weighted by atomic mass is 19.1. The third-order valence-electron chi connectivity index (χ3n) is 3.91. The molecule has 2 aromatic rings. The molecule has 1 atom stereocenters. The van der Waals surface area contributed by atoms with E-state index in [1.807, 2.05) is 6.07 Å². The molecule has 1 aliphatic rings. The van der Waals surface area contributed by atoms with Gasteiger partial charge in [-0.2, -0.15) is 0 Å². The van der Waals surface area contributed by atoms with Gasteiger partial charge in [0.25, 0.3) is 0 Å². The van der Waals surface area contributed by atoms with E-state index in [4.69, 9.17) is 0 Å². The molecule has 0 radical (unpaired) electrons. The quantitative estimate of drug-likeness (QED) is 0.900. The summed E-state index contributed by atoms with van der Waals surface area (Å²) in [7, 11) is 0. The Morgan fingerprint density at radius 2 is 1.71 bits per heavy atom. The van der Waals surface area contributed by atoms with Gasteiger partial charge in [0.15, 0.2) is 0 Å². The predicted molar refractivity (Wildman–Crippen MR) is 75.5 cm³/mol. The number of halogens is 3. The van der Waals surface area contributed by atoms with E-state index in [-0.39, 0.29) is 11.9 Å². The summed E-state index contributed by atoms with van der Waals surface area (Å²) in [5, 5.41) is 3.38. The zero-order valence-corrected chi connectivity index (χ0v) is 11.5. The summed E-state index contributed by atoms with van der Waals surface area (Å²) in [6.07, 6.45) is 2.34. The Morgan fingerprint density at radius 3 is 2.48 bits per heavy atom. The predicted octanol–water partition coefficient (Wildman–Crippen LogP) is 3.92. The van der Waals surface area contributed by atoms with Crippen LogP contribution in [-0.2, 0) is 12.8 Å². The second-order valence-electron chi connectivity index (χ2n) is 5.42. The molecule has 0 saturated heterocycles. The van der Waals surface area contributed by atoms with Gasteiger partial charge >= 0.3 is 0 Å². The van der Waals surface area contributed by atoms with Crippen LogP contribution in [-0.4, -0.2) is 6.54 Å². The van der Waals surface area contributed by atoms with Crippen molar-refractivity contribution in [1.82, 2.24) is 5.32 Å². The standard InChI is InChI=1S/C17H16F3N/c18-13-2-3-16-12(9-13)1-4-17(16)21-6-5-11-7-14(19)10-15(20)8-11/h2-3,7-10,17,21H,1,4-6H2. The van der Waals surface area contributed by atoms with Gasteiger partial charge in [-0.3, -0.25) is 0 Å². The molecule has 4 heteroatoms. The highest BCUT2D eigenvalue weighted by Crippen LogP contribution is 2.31. The average Bonchev–Trinajstić information content (AvgIpc) is 2.80. The number of hydrogen-bond donors (Lipinski definition) is 1. The molecule has 0 aliphatic heterocycles. The monoisotopic (exact) mass is 291 g/mol. The number of hydrogen-bond acceptors (Lipinski definition) is 1. The molecule has 0 amide bonds. The fourth-order valence-electron chi connectivity index (χ4n) is 2.94. The molecule has 1 nitrogen and oxygen atoms in total. The first kappa shape index (κ1) is 14.1. The minimum absolute atomic E-state index is 0.194. The minimum atomic E-state index is -0.549. The van der Waals surface area contributed by atoms with Crippen LogP contribution in [0.1, 0.15) is 29.2 Å². The van der Waals surface area contributed by atoms with Crippen LogP contribution in [0.3, 0.4) is 0 Å². The lowest BCUT2D eigenvalue weighted by molar-refractivity contribution is 0.530. The van der Waals surface area contributed by atoms with Crippen molar-refractivity contribution >= 4 is 0 Å². The van der Waals surface area contributed by atoms with E-state index in [0.717, 1.165) is 30.0 Å². The van der Waals surface area contributed by atoms with Crippen molar-refractivity contribution in [2.24, 2.45) is 0 Å². The summed E-state index contributed by atoms with van der Waals surface area (Å²) < 4.78 is 39.3. The molecule has 1 N–H and O–H groups in total. The zero-order valence-electron chi connectivity index (χ0n) is 11.5. The fraction of sp³-hybridized carbons (Fsp3) is 0.294. The summed E-state index contributed by atoms with van der Waals surface area (Å²) in [5.74, 6) is -1.30. The third-order valence-corrected chi connectivity index (χ3v) is 3.91. The van der Waals surface area contributed by atoms with Crippen molar-refractivity contribution in [2.45, 2.75) is 25.3 Å². The summed E-state index contributed by atoms with van der Waals surface area (Å²) in [5.41, 5.74) is 2.81. The highest BCUT2D eigenvalue weighted by molar-refractivity contribution is 5.35. The largest absolute Gasteiger partial charge is 0.310 e. The van der Waals surface area contributed by atoms with Crippen molar-refractivity contribution in [3.63, 3.8) is 0 Å². The maximum Gasteiger partial charge on any atom is 0.126 e. The maximum atomic E-state index is 13.1. The van der Waals surface area contributed by atoms with Gasteiger partial charge < -0.3 is 5.32 Å². The lowest BCUT2D eigenvalue weighted by atomic mass is 10.1. The first-order chi connectivity index (χ1) is 10.1. The number of aryl methyl sites for hydroxylation is 1. The molecule has 0 bridgehead atoms. The van der Waals surface area contributed by atoms with E-state index < -0.39 is 11.6 Å². The summed E-state index contributed by atoms with van der Waals surface area (Å²) >= 11 is 0. The van der Waals surface area contributed by atoms with Gasteiger partial charge in [-0.05, 0) is 66.8 Å². The topological polar surface area (TPSA) is 12.0 Å². The van der Waals surface area contributed by atoms with Gasteiger partial charge in [0.2, 0.25) is 0 Å². The average molecular weight is 291 g/mol.